The minimum absolute atomic E-state index is 0. The van der Waals surface area contributed by atoms with Crippen molar-refractivity contribution in [3.63, 3.8) is 0 Å². The van der Waals surface area contributed by atoms with Gasteiger partial charge in [0.25, 0.3) is 0 Å². The maximum atomic E-state index is 13.2. The van der Waals surface area contributed by atoms with Gasteiger partial charge in [0, 0.05) is 13.0 Å². The molecule has 0 bridgehead atoms. The van der Waals surface area contributed by atoms with Crippen molar-refractivity contribution >= 4 is 5.91 Å². The molecule has 20 heavy (non-hydrogen) atoms. The maximum absolute atomic E-state index is 13.2. The number of carbonyl (C=O) groups excluding carboxylic acids is 1. The molecule has 2 aliphatic rings. The van der Waals surface area contributed by atoms with Crippen molar-refractivity contribution in [3.05, 3.63) is 75.6 Å². The molecule has 106 valence electrons. The summed E-state index contributed by atoms with van der Waals surface area (Å²) in [7, 11) is 2.65. The second-order valence-electron chi connectivity index (χ2n) is 3.66. The normalized spacial score (nSPS) is 19.1. The topological polar surface area (TPSA) is 29.5 Å². The smallest absolute Gasteiger partial charge is 0.274 e. The molecule has 0 atom stereocenters. The summed E-state index contributed by atoms with van der Waals surface area (Å²) in [5.41, 5.74) is 0. The maximum Gasteiger partial charge on any atom is 2.00 e. The van der Waals surface area contributed by atoms with Crippen LogP contribution in [0, 0.1) is 63.7 Å². The number of amides is 1. The van der Waals surface area contributed by atoms with Crippen LogP contribution in [0.15, 0.2) is 11.9 Å². The number of halogens is 1. The zero-order chi connectivity index (χ0) is 14.1. The van der Waals surface area contributed by atoms with Gasteiger partial charge in [0.2, 0.25) is 0 Å². The fraction of sp³-hybridized carbons (Fsp3) is 0.133. The summed E-state index contributed by atoms with van der Waals surface area (Å²) >= 11 is 0. The minimum Gasteiger partial charge on any atom is -0.274 e. The van der Waals surface area contributed by atoms with Gasteiger partial charge in [-0.25, -0.2) is 9.45 Å². The summed E-state index contributed by atoms with van der Waals surface area (Å²) in [6, 6.07) is 0. The molecule has 0 heterocycles. The van der Waals surface area contributed by atoms with E-state index in [0.29, 0.717) is 5.92 Å². The van der Waals surface area contributed by atoms with Gasteiger partial charge in [-0.15, -0.1) is 0 Å². The first-order valence-corrected chi connectivity index (χ1v) is 5.73. The Bertz CT molecular complexity index is 293. The molecule has 5 heteroatoms. The molecule has 10 radical (unpaired) electrons. The summed E-state index contributed by atoms with van der Waals surface area (Å²) in [4.78, 5) is 15.7. The van der Waals surface area contributed by atoms with Gasteiger partial charge in [-0.2, -0.15) is 0 Å². The zero-order valence-corrected chi connectivity index (χ0v) is 12.4. The van der Waals surface area contributed by atoms with Gasteiger partial charge in [0.1, 0.15) is 0 Å². The Morgan fingerprint density at radius 2 is 1.55 bits per heavy atom. The van der Waals surface area contributed by atoms with Gasteiger partial charge in [-0.3, -0.25) is 9.63 Å². The van der Waals surface area contributed by atoms with Crippen molar-refractivity contribution in [1.29, 1.82) is 0 Å². The molecule has 0 aromatic heterocycles. The predicted molar refractivity (Wildman–Crippen MR) is 70.9 cm³/mol. The van der Waals surface area contributed by atoms with Gasteiger partial charge in [0.15, 0.2) is 5.83 Å². The van der Waals surface area contributed by atoms with Crippen LogP contribution in [-0.4, -0.2) is 25.1 Å². The first-order valence-electron chi connectivity index (χ1n) is 5.73. The van der Waals surface area contributed by atoms with Gasteiger partial charge in [-0.1, -0.05) is 0 Å². The van der Waals surface area contributed by atoms with E-state index in [2.05, 4.69) is 4.84 Å². The monoisotopic (exact) mass is 317 g/mol. The van der Waals surface area contributed by atoms with E-state index < -0.39 is 11.7 Å². The Morgan fingerprint density at radius 3 is 1.95 bits per heavy atom. The molecule has 3 nitrogen and oxygen atoms in total. The molecule has 0 unspecified atom stereocenters. The van der Waals surface area contributed by atoms with Crippen molar-refractivity contribution in [2.24, 2.45) is 0 Å². The second-order valence-corrected chi connectivity index (χ2v) is 3.66. The molecule has 2 rings (SSSR count). The Morgan fingerprint density at radius 1 is 1.10 bits per heavy atom. The molecule has 0 N–H and O–H groups in total. The second kappa shape index (κ2) is 11.3. The van der Waals surface area contributed by atoms with Crippen LogP contribution in [0.5, 0.6) is 0 Å². The number of hydrogen-bond acceptors (Lipinski definition) is 2. The third-order valence-electron chi connectivity index (χ3n) is 2.30. The van der Waals surface area contributed by atoms with Crippen LogP contribution in [0.25, 0.3) is 0 Å². The first-order chi connectivity index (χ1) is 9.15. The molecule has 2 fully saturated rings. The number of rotatable bonds is 3. The standard InChI is InChI=1S/C10H11FNO2.C5H5.Fe/c1-12(14-2)10(13)9(11)7-8-5-3-4-6-8;1-2-4-5-3-1;/h3-7H,1-2H3;1-5H;/q;;+2/b9-7-;;. The van der Waals surface area contributed by atoms with Crippen LogP contribution in [0.4, 0.5) is 4.39 Å². The third kappa shape index (κ3) is 7.41. The van der Waals surface area contributed by atoms with E-state index in [9.17, 15) is 9.18 Å². The molecule has 2 saturated carbocycles. The number of nitrogens with zero attached hydrogens (tertiary/aromatic N) is 1. The van der Waals surface area contributed by atoms with Crippen LogP contribution >= 0.6 is 0 Å². The molecule has 0 spiro atoms. The summed E-state index contributed by atoms with van der Waals surface area (Å²) < 4.78 is 13.2. The molecule has 0 aromatic carbocycles. The summed E-state index contributed by atoms with van der Waals surface area (Å²) in [6.45, 7) is 0. The van der Waals surface area contributed by atoms with Gasteiger partial charge in [-0.05, 0) is 63.9 Å². The van der Waals surface area contributed by atoms with Crippen LogP contribution in [0.1, 0.15) is 0 Å². The van der Waals surface area contributed by atoms with Crippen molar-refractivity contribution in [1.82, 2.24) is 5.06 Å². The summed E-state index contributed by atoms with van der Waals surface area (Å²) in [5, 5.41) is 0.828. The van der Waals surface area contributed by atoms with Crippen molar-refractivity contribution in [3.8, 4) is 0 Å². The van der Waals surface area contributed by atoms with Crippen LogP contribution in [-0.2, 0) is 26.7 Å². The van der Waals surface area contributed by atoms with E-state index >= 15 is 0 Å². The Labute approximate surface area is 132 Å². The number of hydrogen-bond donors (Lipinski definition) is 0. The minimum atomic E-state index is -0.847. The number of carbonyl (C=O) groups is 1. The molecule has 2 aliphatic carbocycles. The van der Waals surface area contributed by atoms with Gasteiger partial charge < -0.3 is 0 Å². The van der Waals surface area contributed by atoms with E-state index in [1.807, 2.05) is 32.1 Å². The molecule has 0 aromatic rings. The van der Waals surface area contributed by atoms with E-state index in [1.165, 1.54) is 14.2 Å². The number of allylic oxidation sites excluding steroid dienone is 1. The molecule has 0 aliphatic heterocycles. The average molecular weight is 317 g/mol. The van der Waals surface area contributed by atoms with Crippen LogP contribution < -0.4 is 0 Å². The first kappa shape index (κ1) is 19.6. The molecular weight excluding hydrogens is 301 g/mol. The van der Waals surface area contributed by atoms with Crippen LogP contribution in [0.2, 0.25) is 0 Å². The molecule has 0 saturated heterocycles. The predicted octanol–water partition coefficient (Wildman–Crippen LogP) is 2.28. The van der Waals surface area contributed by atoms with E-state index in [-0.39, 0.29) is 17.1 Å². The Balaban J connectivity index is 0.000000507. The van der Waals surface area contributed by atoms with Crippen molar-refractivity contribution < 1.29 is 31.1 Å². The van der Waals surface area contributed by atoms with E-state index in [4.69, 9.17) is 0 Å². The largest absolute Gasteiger partial charge is 2.00 e. The zero-order valence-electron chi connectivity index (χ0n) is 11.3. The summed E-state index contributed by atoms with van der Waals surface area (Å²) in [5.74, 6) is -0.991. The van der Waals surface area contributed by atoms with Gasteiger partial charge >= 0.3 is 23.0 Å². The van der Waals surface area contributed by atoms with E-state index in [0.717, 1.165) is 11.1 Å². The molecular formula is C15H16FFeNO2+2. The fourth-order valence-electron chi connectivity index (χ4n) is 1.25. The number of likely N-dealkylation sites (N-methyl/N-ethyl adjacent to an activating group) is 1. The average Bonchev–Trinajstić information content (AvgIpc) is 3.12. The van der Waals surface area contributed by atoms with Crippen LogP contribution in [0.3, 0.4) is 0 Å². The fourth-order valence-corrected chi connectivity index (χ4v) is 1.25. The van der Waals surface area contributed by atoms with E-state index in [1.54, 1.807) is 25.7 Å². The Hall–Kier alpha value is -0.381. The summed E-state index contributed by atoms with van der Waals surface area (Å²) in [6.07, 6.45) is 18.1. The van der Waals surface area contributed by atoms with Crippen molar-refractivity contribution in [2.75, 3.05) is 14.2 Å². The third-order valence-corrected chi connectivity index (χ3v) is 2.30. The quantitative estimate of drug-likeness (QED) is 0.454. The van der Waals surface area contributed by atoms with Crippen molar-refractivity contribution in [2.45, 2.75) is 0 Å². The Kier molecular flexibility index (Phi) is 11.1. The van der Waals surface area contributed by atoms with Gasteiger partial charge in [0.05, 0.1) is 7.11 Å². The number of hydroxylamine groups is 2. The molecule has 1 amide bonds. The SMILES string of the molecule is CON(C)C(=O)/C(F)=C/[C]1[CH][CH][CH][CH]1.[CH]1[CH][CH][CH][CH]1.[Fe+2].